The first-order valence-electron chi connectivity index (χ1n) is 14.8. The molecule has 0 saturated carbocycles. The number of halogens is 1. The lowest BCUT2D eigenvalue weighted by Gasteiger charge is -2.32. The van der Waals surface area contributed by atoms with E-state index < -0.39 is 0 Å². The number of aryl methyl sites for hydroxylation is 1. The van der Waals surface area contributed by atoms with Crippen molar-refractivity contribution in [1.29, 1.82) is 5.26 Å². The molecule has 12 heteroatoms. The summed E-state index contributed by atoms with van der Waals surface area (Å²) >= 11 is 1.19. The van der Waals surface area contributed by atoms with Crippen LogP contribution in [0.2, 0.25) is 0 Å². The Balaban J connectivity index is 0.00000417. The number of ether oxygens (including phenoxy) is 2. The highest BCUT2D eigenvalue weighted by molar-refractivity contribution is 8.00. The third-order valence-corrected chi connectivity index (χ3v) is 8.87. The van der Waals surface area contributed by atoms with Gasteiger partial charge >= 0.3 is 0 Å². The summed E-state index contributed by atoms with van der Waals surface area (Å²) in [5.74, 6) is 0.836. The van der Waals surface area contributed by atoms with E-state index in [-0.39, 0.29) is 30.0 Å². The van der Waals surface area contributed by atoms with Gasteiger partial charge in [0.25, 0.3) is 5.91 Å². The second kappa shape index (κ2) is 14.8. The first-order valence-corrected chi connectivity index (χ1v) is 15.8. The summed E-state index contributed by atoms with van der Waals surface area (Å²) in [7, 11) is 2.15. The van der Waals surface area contributed by atoms with E-state index in [0.29, 0.717) is 52.1 Å². The third kappa shape index (κ3) is 7.89. The maximum Gasteiger partial charge on any atom is 0.255 e. The Morgan fingerprint density at radius 1 is 0.957 bits per heavy atom. The van der Waals surface area contributed by atoms with Crippen LogP contribution in [0.3, 0.4) is 0 Å². The highest BCUT2D eigenvalue weighted by atomic mass is 35.5. The molecule has 2 amide bonds. The van der Waals surface area contributed by atoms with Gasteiger partial charge in [-0.2, -0.15) is 5.26 Å². The number of nitrogens with zero attached hydrogens (tertiary/aromatic N) is 4. The number of aromatic nitrogens is 1. The van der Waals surface area contributed by atoms with Crippen LogP contribution in [0.1, 0.15) is 27.0 Å². The van der Waals surface area contributed by atoms with E-state index in [4.69, 9.17) is 9.47 Å². The molecule has 1 fully saturated rings. The van der Waals surface area contributed by atoms with Gasteiger partial charge in [-0.05, 0) is 67.6 Å². The van der Waals surface area contributed by atoms with Crippen LogP contribution in [0, 0.1) is 18.3 Å². The van der Waals surface area contributed by atoms with Crippen LogP contribution in [-0.4, -0.2) is 78.8 Å². The van der Waals surface area contributed by atoms with Crippen LogP contribution in [-0.2, 0) is 11.3 Å². The topological polar surface area (TPSA) is 120 Å². The van der Waals surface area contributed by atoms with Crippen molar-refractivity contribution in [2.75, 3.05) is 62.8 Å². The highest BCUT2D eigenvalue weighted by Crippen LogP contribution is 2.35. The van der Waals surface area contributed by atoms with Crippen molar-refractivity contribution < 1.29 is 19.1 Å². The molecule has 238 valence electrons. The number of benzene rings is 3. The summed E-state index contributed by atoms with van der Waals surface area (Å²) in [5, 5.41) is 16.8. The van der Waals surface area contributed by atoms with E-state index in [2.05, 4.69) is 50.7 Å². The first kappa shape index (κ1) is 33.0. The van der Waals surface area contributed by atoms with Gasteiger partial charge in [-0.1, -0.05) is 23.9 Å². The molecule has 10 nitrogen and oxygen atoms in total. The van der Waals surface area contributed by atoms with Gasteiger partial charge in [-0.15, -0.1) is 12.4 Å². The first-order chi connectivity index (χ1) is 21.8. The highest BCUT2D eigenvalue weighted by Gasteiger charge is 2.18. The number of carbonyl (C=O) groups excluding carboxylic acids is 2. The zero-order valence-electron chi connectivity index (χ0n) is 25.7. The van der Waals surface area contributed by atoms with Gasteiger partial charge < -0.3 is 25.0 Å². The molecule has 46 heavy (non-hydrogen) atoms. The van der Waals surface area contributed by atoms with E-state index in [9.17, 15) is 14.9 Å². The van der Waals surface area contributed by atoms with E-state index >= 15 is 0 Å². The fraction of sp³-hybridized carbons (Fsp3) is 0.294. The zero-order valence-corrected chi connectivity index (χ0v) is 27.3. The van der Waals surface area contributed by atoms with Crippen molar-refractivity contribution in [3.8, 4) is 17.6 Å². The SMILES string of the molecule is Cc1cc(C(=O)Nc2ccc(CN3CCN(C)CC3)cc2)ccc1NC(=O)CSc1nc2cc3c(cc2cc1C#N)OCCO3.Cl. The Morgan fingerprint density at radius 2 is 1.67 bits per heavy atom. The van der Waals surface area contributed by atoms with Crippen molar-refractivity contribution in [2.45, 2.75) is 18.5 Å². The fourth-order valence-electron chi connectivity index (χ4n) is 5.31. The van der Waals surface area contributed by atoms with E-state index in [1.807, 2.05) is 25.1 Å². The maximum atomic E-state index is 13.0. The minimum absolute atomic E-state index is 0. The summed E-state index contributed by atoms with van der Waals surface area (Å²) in [6, 6.07) is 20.7. The molecule has 1 aromatic heterocycles. The standard InChI is InChI=1S/C34H34N6O4S.ClH/c1-22-15-24(33(42)36-27-6-3-23(4-7-27)20-40-11-9-39(2)10-12-40)5-8-28(22)37-32(41)21-45-34-26(19-35)16-25-17-30-31(18-29(25)38-34)44-14-13-43-30;/h3-8,15-18H,9-14,20-21H2,1-2H3,(H,36,42)(H,37,41);1H. The number of pyridine rings is 1. The smallest absolute Gasteiger partial charge is 0.255 e. The summed E-state index contributed by atoms with van der Waals surface area (Å²) in [5.41, 5.74) is 4.86. The number of anilines is 2. The molecule has 2 aliphatic heterocycles. The van der Waals surface area contributed by atoms with Crippen LogP contribution in [0.25, 0.3) is 10.9 Å². The average molecular weight is 659 g/mol. The van der Waals surface area contributed by atoms with Gasteiger partial charge in [0.2, 0.25) is 5.91 Å². The molecule has 6 rings (SSSR count). The zero-order chi connectivity index (χ0) is 31.3. The quantitative estimate of drug-likeness (QED) is 0.242. The monoisotopic (exact) mass is 658 g/mol. The molecule has 4 aromatic rings. The van der Waals surface area contributed by atoms with E-state index in [0.717, 1.165) is 49.4 Å². The van der Waals surface area contributed by atoms with E-state index in [1.165, 1.54) is 17.3 Å². The molecular formula is C34H35ClN6O4S. The lowest BCUT2D eigenvalue weighted by Crippen LogP contribution is -2.43. The third-order valence-electron chi connectivity index (χ3n) is 7.88. The van der Waals surface area contributed by atoms with Crippen molar-refractivity contribution >= 4 is 58.3 Å². The lowest BCUT2D eigenvalue weighted by atomic mass is 10.1. The fourth-order valence-corrected chi connectivity index (χ4v) is 6.07. The molecule has 0 unspecified atom stereocenters. The van der Waals surface area contributed by atoms with Gasteiger partial charge in [-0.3, -0.25) is 14.5 Å². The van der Waals surface area contributed by atoms with Crippen molar-refractivity contribution in [2.24, 2.45) is 0 Å². The number of hydrogen-bond acceptors (Lipinski definition) is 9. The van der Waals surface area contributed by atoms with Gasteiger partial charge in [-0.25, -0.2) is 4.98 Å². The Labute approximate surface area is 278 Å². The number of nitrogens with one attached hydrogen (secondary N) is 2. The normalized spacial score (nSPS) is 14.6. The Kier molecular flexibility index (Phi) is 10.7. The van der Waals surface area contributed by atoms with Crippen LogP contribution >= 0.6 is 24.2 Å². The van der Waals surface area contributed by atoms with Crippen molar-refractivity contribution in [1.82, 2.24) is 14.8 Å². The maximum absolute atomic E-state index is 13.0. The van der Waals surface area contributed by atoms with Gasteiger partial charge in [0.05, 0.1) is 16.8 Å². The van der Waals surface area contributed by atoms with Gasteiger partial charge in [0.15, 0.2) is 11.5 Å². The molecule has 0 bridgehead atoms. The second-order valence-electron chi connectivity index (χ2n) is 11.2. The Morgan fingerprint density at radius 3 is 2.37 bits per heavy atom. The number of hydrogen-bond donors (Lipinski definition) is 2. The van der Waals surface area contributed by atoms with Crippen LogP contribution < -0.4 is 20.1 Å². The molecule has 1 saturated heterocycles. The largest absolute Gasteiger partial charge is 0.486 e. The van der Waals surface area contributed by atoms with Gasteiger partial charge in [0, 0.05) is 61.1 Å². The number of thioether (sulfide) groups is 1. The summed E-state index contributed by atoms with van der Waals surface area (Å²) in [4.78, 5) is 35.2. The minimum Gasteiger partial charge on any atom is -0.486 e. The predicted octanol–water partition coefficient (Wildman–Crippen LogP) is 5.34. The molecule has 2 N–H and O–H groups in total. The summed E-state index contributed by atoms with van der Waals surface area (Å²) < 4.78 is 11.3. The van der Waals surface area contributed by atoms with Crippen molar-refractivity contribution in [3.63, 3.8) is 0 Å². The number of nitriles is 1. The molecule has 0 atom stereocenters. The van der Waals surface area contributed by atoms with Crippen molar-refractivity contribution in [3.05, 3.63) is 82.9 Å². The second-order valence-corrected chi connectivity index (χ2v) is 12.2. The molecule has 0 radical (unpaired) electrons. The summed E-state index contributed by atoms with van der Waals surface area (Å²) in [6.07, 6.45) is 0. The summed E-state index contributed by atoms with van der Waals surface area (Å²) in [6.45, 7) is 7.96. The molecule has 0 aliphatic carbocycles. The Bertz CT molecular complexity index is 1790. The molecular weight excluding hydrogens is 624 g/mol. The number of carbonyl (C=O) groups is 2. The minimum atomic E-state index is -0.245. The molecule has 3 heterocycles. The molecule has 3 aromatic carbocycles. The number of amides is 2. The van der Waals surface area contributed by atoms with Gasteiger partial charge in [0.1, 0.15) is 24.3 Å². The van der Waals surface area contributed by atoms with Crippen LogP contribution in [0.15, 0.2) is 65.7 Å². The predicted molar refractivity (Wildman–Crippen MR) is 182 cm³/mol. The lowest BCUT2D eigenvalue weighted by molar-refractivity contribution is -0.113. The number of likely N-dealkylation sites (N-methyl/N-ethyl adjacent to an activating group) is 1. The number of fused-ring (bicyclic) bond motifs is 2. The molecule has 0 spiro atoms. The van der Waals surface area contributed by atoms with Crippen LogP contribution in [0.5, 0.6) is 11.5 Å². The van der Waals surface area contributed by atoms with Crippen LogP contribution in [0.4, 0.5) is 11.4 Å². The Hall–Kier alpha value is -4.34. The number of piperazine rings is 1. The molecule has 2 aliphatic rings. The number of rotatable bonds is 8. The van der Waals surface area contributed by atoms with E-state index in [1.54, 1.807) is 30.3 Å². The average Bonchev–Trinajstić information content (AvgIpc) is 3.05.